The van der Waals surface area contributed by atoms with Crippen LogP contribution >= 0.6 is 0 Å². The SMILES string of the molecule is Cn1cc(NC(=O)OC(C)(C)C)nc1-c1nc2cc(C(=O)O)ccc2[nH]1. The van der Waals surface area contributed by atoms with Gasteiger partial charge in [-0.25, -0.2) is 19.6 Å². The van der Waals surface area contributed by atoms with Gasteiger partial charge in [-0.2, -0.15) is 0 Å². The Hall–Kier alpha value is -3.36. The number of imidazole rings is 2. The molecule has 0 aliphatic heterocycles. The van der Waals surface area contributed by atoms with Crippen molar-refractivity contribution in [2.24, 2.45) is 7.05 Å². The van der Waals surface area contributed by atoms with Crippen LogP contribution in [-0.2, 0) is 11.8 Å². The number of rotatable bonds is 3. The summed E-state index contributed by atoms with van der Waals surface area (Å²) in [7, 11) is 1.76. The van der Waals surface area contributed by atoms with Gasteiger partial charge in [0.2, 0.25) is 0 Å². The molecule has 9 heteroatoms. The lowest BCUT2D eigenvalue weighted by Crippen LogP contribution is -2.27. The molecule has 0 spiro atoms. The first-order chi connectivity index (χ1) is 12.1. The molecule has 9 nitrogen and oxygen atoms in total. The van der Waals surface area contributed by atoms with Crippen LogP contribution in [0.4, 0.5) is 10.6 Å². The van der Waals surface area contributed by atoms with Gasteiger partial charge in [0.05, 0.1) is 16.6 Å². The molecule has 3 aromatic rings. The molecule has 1 aromatic carbocycles. The molecule has 26 heavy (non-hydrogen) atoms. The smallest absolute Gasteiger partial charge is 0.413 e. The highest BCUT2D eigenvalue weighted by Gasteiger charge is 2.19. The largest absolute Gasteiger partial charge is 0.478 e. The lowest BCUT2D eigenvalue weighted by Gasteiger charge is -2.18. The van der Waals surface area contributed by atoms with Gasteiger partial charge in [0, 0.05) is 13.2 Å². The number of aromatic amines is 1. The third kappa shape index (κ3) is 3.66. The summed E-state index contributed by atoms with van der Waals surface area (Å²) in [5, 5.41) is 11.6. The summed E-state index contributed by atoms with van der Waals surface area (Å²) in [6.45, 7) is 5.32. The van der Waals surface area contributed by atoms with E-state index in [1.807, 2.05) is 0 Å². The van der Waals surface area contributed by atoms with Crippen molar-refractivity contribution in [1.29, 1.82) is 0 Å². The van der Waals surface area contributed by atoms with E-state index in [4.69, 9.17) is 9.84 Å². The molecule has 0 atom stereocenters. The van der Waals surface area contributed by atoms with Crippen LogP contribution in [0.25, 0.3) is 22.7 Å². The highest BCUT2D eigenvalue weighted by Crippen LogP contribution is 2.22. The number of carboxylic acid groups (broad SMARTS) is 1. The van der Waals surface area contributed by atoms with Gasteiger partial charge in [0.1, 0.15) is 5.60 Å². The fourth-order valence-electron chi connectivity index (χ4n) is 2.40. The number of nitrogens with zero attached hydrogens (tertiary/aromatic N) is 3. The number of hydrogen-bond acceptors (Lipinski definition) is 5. The molecule has 1 amide bonds. The molecular formula is C17H19N5O4. The predicted molar refractivity (Wildman–Crippen MR) is 95.1 cm³/mol. The first-order valence-electron chi connectivity index (χ1n) is 7.89. The number of H-pyrrole nitrogens is 1. The van der Waals surface area contributed by atoms with Gasteiger partial charge >= 0.3 is 12.1 Å². The van der Waals surface area contributed by atoms with E-state index in [1.165, 1.54) is 12.1 Å². The topological polar surface area (TPSA) is 122 Å². The van der Waals surface area contributed by atoms with E-state index in [2.05, 4.69) is 20.3 Å². The van der Waals surface area contributed by atoms with E-state index in [0.717, 1.165) is 0 Å². The molecule has 2 heterocycles. The maximum Gasteiger partial charge on any atom is 0.413 e. The second kappa shape index (κ2) is 6.17. The van der Waals surface area contributed by atoms with E-state index in [0.29, 0.717) is 28.5 Å². The molecule has 3 N–H and O–H groups in total. The third-order valence-electron chi connectivity index (χ3n) is 3.45. The monoisotopic (exact) mass is 357 g/mol. The van der Waals surface area contributed by atoms with Crippen LogP contribution in [0.3, 0.4) is 0 Å². The summed E-state index contributed by atoms with van der Waals surface area (Å²) in [5.74, 6) is 0.257. The maximum absolute atomic E-state index is 11.9. The van der Waals surface area contributed by atoms with E-state index in [1.54, 1.807) is 44.6 Å². The quantitative estimate of drug-likeness (QED) is 0.662. The molecule has 0 unspecified atom stereocenters. The third-order valence-corrected chi connectivity index (χ3v) is 3.45. The van der Waals surface area contributed by atoms with E-state index in [-0.39, 0.29) is 5.56 Å². The Morgan fingerprint density at radius 2 is 2.00 bits per heavy atom. The summed E-state index contributed by atoms with van der Waals surface area (Å²) < 4.78 is 6.90. The van der Waals surface area contributed by atoms with Crippen molar-refractivity contribution < 1.29 is 19.4 Å². The highest BCUT2D eigenvalue weighted by molar-refractivity contribution is 5.93. The Morgan fingerprint density at radius 1 is 1.27 bits per heavy atom. The summed E-state index contributed by atoms with van der Waals surface area (Å²) >= 11 is 0. The minimum Gasteiger partial charge on any atom is -0.478 e. The molecule has 0 radical (unpaired) electrons. The van der Waals surface area contributed by atoms with Crippen molar-refractivity contribution in [3.05, 3.63) is 30.0 Å². The number of aromatic nitrogens is 4. The molecule has 136 valence electrons. The van der Waals surface area contributed by atoms with E-state index >= 15 is 0 Å². The summed E-state index contributed by atoms with van der Waals surface area (Å²) in [5.41, 5.74) is 0.754. The zero-order chi connectivity index (χ0) is 19.1. The number of carbonyl (C=O) groups is 2. The zero-order valence-electron chi connectivity index (χ0n) is 14.8. The second-order valence-corrected chi connectivity index (χ2v) is 6.81. The van der Waals surface area contributed by atoms with Crippen LogP contribution in [0, 0.1) is 0 Å². The number of amides is 1. The zero-order valence-corrected chi connectivity index (χ0v) is 14.8. The fourth-order valence-corrected chi connectivity index (χ4v) is 2.40. The van der Waals surface area contributed by atoms with Crippen LogP contribution in [0.2, 0.25) is 0 Å². The molecule has 0 aliphatic rings. The molecule has 0 saturated carbocycles. The van der Waals surface area contributed by atoms with Gasteiger partial charge in [0.25, 0.3) is 0 Å². The van der Waals surface area contributed by atoms with Crippen molar-refractivity contribution in [2.75, 3.05) is 5.32 Å². The standard InChI is InChI=1S/C17H19N5O4/c1-17(2,3)26-16(25)21-12-8-22(4)14(20-12)13-18-10-6-5-9(15(23)24)7-11(10)19-13/h5-8H,1-4H3,(H,18,19)(H,21,25)(H,23,24). The van der Waals surface area contributed by atoms with Crippen LogP contribution in [0.15, 0.2) is 24.4 Å². The molecule has 0 saturated heterocycles. The van der Waals surface area contributed by atoms with Crippen molar-refractivity contribution in [1.82, 2.24) is 19.5 Å². The lowest BCUT2D eigenvalue weighted by atomic mass is 10.2. The number of aromatic carboxylic acids is 1. The molecular weight excluding hydrogens is 338 g/mol. The fraction of sp³-hybridized carbons (Fsp3) is 0.294. The predicted octanol–water partition coefficient (Wildman–Crippen LogP) is 3.01. The van der Waals surface area contributed by atoms with Crippen LogP contribution < -0.4 is 5.32 Å². The van der Waals surface area contributed by atoms with Gasteiger partial charge in [0.15, 0.2) is 17.5 Å². The Kier molecular flexibility index (Phi) is 4.15. The molecule has 2 aromatic heterocycles. The summed E-state index contributed by atoms with van der Waals surface area (Å²) in [4.78, 5) is 34.8. The number of aryl methyl sites for hydroxylation is 1. The van der Waals surface area contributed by atoms with E-state index in [9.17, 15) is 9.59 Å². The van der Waals surface area contributed by atoms with Crippen molar-refractivity contribution in [2.45, 2.75) is 26.4 Å². The number of hydrogen-bond donors (Lipinski definition) is 3. The van der Waals surface area contributed by atoms with Crippen LogP contribution in [0.5, 0.6) is 0 Å². The van der Waals surface area contributed by atoms with Crippen LogP contribution in [-0.4, -0.2) is 42.3 Å². The highest BCUT2D eigenvalue weighted by atomic mass is 16.6. The first-order valence-corrected chi connectivity index (χ1v) is 7.89. The summed E-state index contributed by atoms with van der Waals surface area (Å²) in [6.07, 6.45) is 1.03. The minimum atomic E-state index is -1.02. The Bertz CT molecular complexity index is 996. The van der Waals surface area contributed by atoms with E-state index < -0.39 is 17.7 Å². The van der Waals surface area contributed by atoms with Gasteiger partial charge in [-0.1, -0.05) is 0 Å². The Balaban J connectivity index is 1.88. The number of carboxylic acids is 1. The van der Waals surface area contributed by atoms with Gasteiger partial charge in [-0.15, -0.1) is 0 Å². The number of fused-ring (bicyclic) bond motifs is 1. The molecule has 0 fully saturated rings. The Morgan fingerprint density at radius 3 is 2.65 bits per heavy atom. The number of benzene rings is 1. The lowest BCUT2D eigenvalue weighted by molar-refractivity contribution is 0.0633. The summed E-state index contributed by atoms with van der Waals surface area (Å²) in [6, 6.07) is 4.64. The van der Waals surface area contributed by atoms with Crippen molar-refractivity contribution in [3.8, 4) is 11.6 Å². The van der Waals surface area contributed by atoms with Gasteiger partial charge in [-0.3, -0.25) is 5.32 Å². The average Bonchev–Trinajstić information content (AvgIpc) is 3.07. The first kappa shape index (κ1) is 17.5. The minimum absolute atomic E-state index is 0.155. The van der Waals surface area contributed by atoms with Gasteiger partial charge in [-0.05, 0) is 39.0 Å². The number of anilines is 1. The van der Waals surface area contributed by atoms with Crippen molar-refractivity contribution in [3.63, 3.8) is 0 Å². The van der Waals surface area contributed by atoms with Crippen LogP contribution in [0.1, 0.15) is 31.1 Å². The maximum atomic E-state index is 11.9. The normalized spacial score (nSPS) is 11.5. The average molecular weight is 357 g/mol. The second-order valence-electron chi connectivity index (χ2n) is 6.81. The molecule has 0 aliphatic carbocycles. The number of nitrogens with one attached hydrogen (secondary N) is 2. The number of ether oxygens (including phenoxy) is 1. The Labute approximate surface area is 149 Å². The molecule has 0 bridgehead atoms. The van der Waals surface area contributed by atoms with Crippen molar-refractivity contribution >= 4 is 28.9 Å². The number of carbonyl (C=O) groups excluding carboxylic acids is 1. The van der Waals surface area contributed by atoms with Gasteiger partial charge < -0.3 is 19.4 Å². The molecule has 3 rings (SSSR count).